The molecule has 0 saturated heterocycles. The molecule has 0 fully saturated rings. The van der Waals surface area contributed by atoms with Crippen LogP contribution in [0.2, 0.25) is 0 Å². The molecule has 0 aliphatic heterocycles. The molecule has 30 valence electrons. The molecule has 0 spiro atoms. The van der Waals surface area contributed by atoms with E-state index in [2.05, 4.69) is 14.2 Å². The lowest BCUT2D eigenvalue weighted by molar-refractivity contribution is 1.15. The summed E-state index contributed by atoms with van der Waals surface area (Å²) in [6, 6.07) is 0. The maximum absolute atomic E-state index is 3.81. The summed E-state index contributed by atoms with van der Waals surface area (Å²) in [7, 11) is 2.41. The fourth-order valence-electron chi connectivity index (χ4n) is 0.105. The molecule has 0 heterocycles. The van der Waals surface area contributed by atoms with Gasteiger partial charge in [0.15, 0.2) is 0 Å². The highest BCUT2D eigenvalue weighted by molar-refractivity contribution is 7.36. The molecule has 0 radical (unpaired) electrons. The topological polar surface area (TPSA) is 12.4 Å². The maximum Gasteiger partial charge on any atom is 0.0361 e. The van der Waals surface area contributed by atoms with E-state index in [1.54, 1.807) is 5.96 Å². The van der Waals surface area contributed by atoms with Gasteiger partial charge in [0.25, 0.3) is 0 Å². The van der Waals surface area contributed by atoms with Gasteiger partial charge in [0, 0.05) is 12.5 Å². The molecule has 0 aromatic carbocycles. The van der Waals surface area contributed by atoms with Gasteiger partial charge in [-0.2, -0.15) is 0 Å². The van der Waals surface area contributed by atoms with E-state index in [0.29, 0.717) is 0 Å². The first kappa shape index (κ1) is 5.10. The quantitative estimate of drug-likeness (QED) is 0.334. The van der Waals surface area contributed by atoms with Crippen molar-refractivity contribution in [2.75, 3.05) is 6.54 Å². The highest BCUT2D eigenvalue weighted by atomic mass is 31.0. The maximum atomic E-state index is 3.81. The van der Waals surface area contributed by atoms with E-state index in [0.717, 1.165) is 6.54 Å². The van der Waals surface area contributed by atoms with E-state index in [1.165, 1.54) is 0 Å². The number of hydrogen-bond acceptors (Lipinski definition) is 1. The number of hydrogen-bond donors (Lipinski definition) is 0. The summed E-state index contributed by atoms with van der Waals surface area (Å²) in [6.07, 6.45) is 0. The lowest BCUT2D eigenvalue weighted by Crippen LogP contribution is -1.59. The zero-order valence-corrected chi connectivity index (χ0v) is 4.46. The van der Waals surface area contributed by atoms with E-state index in [9.17, 15) is 0 Å². The van der Waals surface area contributed by atoms with Crippen molar-refractivity contribution in [1.82, 2.24) is 0 Å². The monoisotopic (exact) mass is 89.0 g/mol. The smallest absolute Gasteiger partial charge is 0.0361 e. The largest absolute Gasteiger partial charge is 0.294 e. The lowest BCUT2D eigenvalue weighted by atomic mass is 10.8. The third kappa shape index (κ3) is 4.10. The fourth-order valence-corrected chi connectivity index (χ4v) is 0.316. The van der Waals surface area contributed by atoms with Crippen molar-refractivity contribution in [3.63, 3.8) is 0 Å². The summed E-state index contributed by atoms with van der Waals surface area (Å²) >= 11 is 0. The SMILES string of the molecule is CCN=CP. The van der Waals surface area contributed by atoms with Gasteiger partial charge in [0.1, 0.15) is 0 Å². The Balaban J connectivity index is 2.62. The fraction of sp³-hybridized carbons (Fsp3) is 0.667. The van der Waals surface area contributed by atoms with Crippen molar-refractivity contribution in [3.8, 4) is 0 Å². The zero-order chi connectivity index (χ0) is 4.12. The molecule has 0 aliphatic carbocycles. The van der Waals surface area contributed by atoms with Crippen LogP contribution in [0.5, 0.6) is 0 Å². The van der Waals surface area contributed by atoms with Crippen molar-refractivity contribution >= 4 is 15.2 Å². The molecule has 1 nitrogen and oxygen atoms in total. The van der Waals surface area contributed by atoms with Crippen LogP contribution in [0.1, 0.15) is 6.92 Å². The first-order valence-electron chi connectivity index (χ1n) is 1.61. The first-order valence-corrected chi connectivity index (χ1v) is 2.28. The zero-order valence-electron chi connectivity index (χ0n) is 3.31. The Labute approximate surface area is 34.7 Å². The molecule has 2 heteroatoms. The molecule has 1 atom stereocenters. The second kappa shape index (κ2) is 4.10. The summed E-state index contributed by atoms with van der Waals surface area (Å²) in [5, 5.41) is 0. The summed E-state index contributed by atoms with van der Waals surface area (Å²) in [4.78, 5) is 3.81. The van der Waals surface area contributed by atoms with Gasteiger partial charge in [-0.3, -0.25) is 4.99 Å². The Bertz CT molecular complexity index is 33.9. The van der Waals surface area contributed by atoms with E-state index < -0.39 is 0 Å². The van der Waals surface area contributed by atoms with E-state index in [-0.39, 0.29) is 0 Å². The van der Waals surface area contributed by atoms with E-state index in [4.69, 9.17) is 0 Å². The summed E-state index contributed by atoms with van der Waals surface area (Å²) in [5.74, 6) is 1.72. The van der Waals surface area contributed by atoms with E-state index in [1.807, 2.05) is 6.92 Å². The predicted molar refractivity (Wildman–Crippen MR) is 28.7 cm³/mol. The van der Waals surface area contributed by atoms with Gasteiger partial charge >= 0.3 is 0 Å². The van der Waals surface area contributed by atoms with Gasteiger partial charge in [0.05, 0.1) is 0 Å². The number of rotatable bonds is 1. The van der Waals surface area contributed by atoms with Crippen LogP contribution in [0.4, 0.5) is 0 Å². The summed E-state index contributed by atoms with van der Waals surface area (Å²) in [5.41, 5.74) is 0. The van der Waals surface area contributed by atoms with Crippen LogP contribution in [0, 0.1) is 0 Å². The van der Waals surface area contributed by atoms with Gasteiger partial charge in [-0.05, 0) is 6.92 Å². The van der Waals surface area contributed by atoms with Gasteiger partial charge in [-0.25, -0.2) is 0 Å². The molecule has 0 aromatic rings. The Morgan fingerprint density at radius 1 is 2.00 bits per heavy atom. The van der Waals surface area contributed by atoms with Gasteiger partial charge in [0.2, 0.25) is 0 Å². The molecular weight excluding hydrogens is 81.0 g/mol. The molecule has 0 bridgehead atoms. The minimum absolute atomic E-state index is 0.892. The van der Waals surface area contributed by atoms with Crippen LogP contribution < -0.4 is 0 Å². The van der Waals surface area contributed by atoms with Crippen molar-refractivity contribution in [2.24, 2.45) is 4.99 Å². The second-order valence-corrected chi connectivity index (χ2v) is 0.946. The minimum Gasteiger partial charge on any atom is -0.294 e. The Hall–Kier alpha value is 0.100. The molecule has 0 saturated carbocycles. The Morgan fingerprint density at radius 3 is 2.60 bits per heavy atom. The molecule has 1 unspecified atom stereocenters. The van der Waals surface area contributed by atoms with Gasteiger partial charge in [-0.15, -0.1) is 0 Å². The summed E-state index contributed by atoms with van der Waals surface area (Å²) < 4.78 is 0. The molecule has 0 aliphatic rings. The third-order valence-corrected chi connectivity index (χ3v) is 0.499. The standard InChI is InChI=1S/C3H8NP/c1-2-4-3-5/h3H,2,5H2,1H3. The average Bonchev–Trinajstić information content (AvgIpc) is 1.41. The summed E-state index contributed by atoms with van der Waals surface area (Å²) in [6.45, 7) is 2.89. The molecule has 0 rings (SSSR count). The highest BCUT2D eigenvalue weighted by Gasteiger charge is 1.51. The van der Waals surface area contributed by atoms with Crippen molar-refractivity contribution in [1.29, 1.82) is 0 Å². The van der Waals surface area contributed by atoms with Crippen molar-refractivity contribution < 1.29 is 0 Å². The van der Waals surface area contributed by atoms with Crippen LogP contribution in [-0.2, 0) is 0 Å². The average molecular weight is 89.1 g/mol. The first-order chi connectivity index (χ1) is 2.41. The lowest BCUT2D eigenvalue weighted by Gasteiger charge is -1.68. The molecule has 0 aromatic heterocycles. The highest BCUT2D eigenvalue weighted by Crippen LogP contribution is 1.68. The molecule has 0 amide bonds. The van der Waals surface area contributed by atoms with Gasteiger partial charge in [-0.1, -0.05) is 9.24 Å². The van der Waals surface area contributed by atoms with Crippen LogP contribution in [0.25, 0.3) is 0 Å². The minimum atomic E-state index is 0.892. The van der Waals surface area contributed by atoms with Gasteiger partial charge < -0.3 is 0 Å². The predicted octanol–water partition coefficient (Wildman–Crippen LogP) is 0.910. The van der Waals surface area contributed by atoms with Crippen LogP contribution in [-0.4, -0.2) is 12.5 Å². The van der Waals surface area contributed by atoms with Crippen molar-refractivity contribution in [3.05, 3.63) is 0 Å². The van der Waals surface area contributed by atoms with Crippen LogP contribution >= 0.6 is 9.24 Å². The Morgan fingerprint density at radius 2 is 2.60 bits per heavy atom. The second-order valence-electron chi connectivity index (χ2n) is 0.648. The molecule has 0 N–H and O–H groups in total. The molecular formula is C3H8NP. The van der Waals surface area contributed by atoms with Crippen LogP contribution in [0.15, 0.2) is 4.99 Å². The Kier molecular flexibility index (Phi) is 4.18. The number of nitrogens with zero attached hydrogens (tertiary/aromatic N) is 1. The normalized spacial score (nSPS) is 10.0. The van der Waals surface area contributed by atoms with E-state index >= 15 is 0 Å². The molecule has 5 heavy (non-hydrogen) atoms. The third-order valence-electron chi connectivity index (χ3n) is 0.288. The number of aliphatic imine (C=N–C) groups is 1. The van der Waals surface area contributed by atoms with Crippen molar-refractivity contribution in [2.45, 2.75) is 6.92 Å². The van der Waals surface area contributed by atoms with Crippen LogP contribution in [0.3, 0.4) is 0 Å².